The first-order valence-electron chi connectivity index (χ1n) is 8.66. The van der Waals surface area contributed by atoms with Crippen LogP contribution in [0.4, 0.5) is 5.69 Å². The fraction of sp³-hybridized carbons (Fsp3) is 0.238. The summed E-state index contributed by atoms with van der Waals surface area (Å²) < 4.78 is 15.6. The van der Waals surface area contributed by atoms with Crippen LogP contribution in [0.2, 0.25) is 5.02 Å². The molecule has 0 fully saturated rings. The van der Waals surface area contributed by atoms with Gasteiger partial charge in [0.05, 0.1) is 33.6 Å². The van der Waals surface area contributed by atoms with E-state index in [1.807, 2.05) is 0 Å². The summed E-state index contributed by atoms with van der Waals surface area (Å²) in [5, 5.41) is 3.15. The molecule has 2 aromatic carbocycles. The number of hydrogen-bond donors (Lipinski definition) is 1. The first-order valence-corrected chi connectivity index (χ1v) is 9.04. The number of methoxy groups -OCH3 is 3. The summed E-state index contributed by atoms with van der Waals surface area (Å²) >= 11 is 5.96. The standard InChI is InChI=1S/C21H23ClN2O5/c1-24(13-20(25)23-16-12-15(22)7-9-17(16)27-2)21(26)10-6-14-5-8-18(28-3)19(11-14)29-4/h5-12H,13H2,1-4H3,(H,23,25)/b10-6+. The summed E-state index contributed by atoms with van der Waals surface area (Å²) in [6.07, 6.45) is 3.02. The number of halogens is 1. The van der Waals surface area contributed by atoms with E-state index in [9.17, 15) is 9.59 Å². The molecule has 2 aromatic rings. The number of ether oxygens (including phenoxy) is 3. The molecule has 8 heteroatoms. The average Bonchev–Trinajstić information content (AvgIpc) is 2.71. The average molecular weight is 419 g/mol. The van der Waals surface area contributed by atoms with Crippen molar-refractivity contribution in [3.8, 4) is 17.2 Å². The van der Waals surface area contributed by atoms with E-state index in [-0.39, 0.29) is 18.4 Å². The van der Waals surface area contributed by atoms with Crippen LogP contribution in [-0.4, -0.2) is 51.6 Å². The number of carbonyl (C=O) groups excluding carboxylic acids is 2. The van der Waals surface area contributed by atoms with Gasteiger partial charge in [-0.3, -0.25) is 9.59 Å². The van der Waals surface area contributed by atoms with Gasteiger partial charge in [-0.1, -0.05) is 17.7 Å². The predicted octanol–water partition coefficient (Wildman–Crippen LogP) is 3.48. The van der Waals surface area contributed by atoms with E-state index in [1.165, 1.54) is 32.2 Å². The second-order valence-electron chi connectivity index (χ2n) is 6.03. The number of anilines is 1. The number of benzene rings is 2. The third-order valence-corrected chi connectivity index (χ3v) is 4.25. The van der Waals surface area contributed by atoms with Gasteiger partial charge in [0.25, 0.3) is 0 Å². The van der Waals surface area contributed by atoms with Crippen LogP contribution in [0.3, 0.4) is 0 Å². The zero-order valence-electron chi connectivity index (χ0n) is 16.7. The molecule has 0 atom stereocenters. The van der Waals surface area contributed by atoms with E-state index < -0.39 is 0 Å². The molecule has 0 aromatic heterocycles. The number of rotatable bonds is 8. The first-order chi connectivity index (χ1) is 13.9. The lowest BCUT2D eigenvalue weighted by Crippen LogP contribution is -2.33. The Morgan fingerprint density at radius 2 is 1.66 bits per heavy atom. The van der Waals surface area contributed by atoms with Crippen molar-refractivity contribution >= 4 is 35.2 Å². The molecule has 1 N–H and O–H groups in total. The summed E-state index contributed by atoms with van der Waals surface area (Å²) in [4.78, 5) is 25.9. The largest absolute Gasteiger partial charge is 0.495 e. The van der Waals surface area contributed by atoms with Crippen LogP contribution < -0.4 is 19.5 Å². The van der Waals surface area contributed by atoms with Crippen LogP contribution in [0.25, 0.3) is 6.08 Å². The monoisotopic (exact) mass is 418 g/mol. The molecule has 0 saturated heterocycles. The van der Waals surface area contributed by atoms with Crippen molar-refractivity contribution in [2.24, 2.45) is 0 Å². The quantitative estimate of drug-likeness (QED) is 0.664. The zero-order chi connectivity index (χ0) is 21.4. The Bertz CT molecular complexity index is 914. The van der Waals surface area contributed by atoms with Crippen molar-refractivity contribution in [1.82, 2.24) is 4.90 Å². The molecule has 7 nitrogen and oxygen atoms in total. The lowest BCUT2D eigenvalue weighted by Gasteiger charge is -2.16. The Hall–Kier alpha value is -3.19. The summed E-state index contributed by atoms with van der Waals surface area (Å²) in [6.45, 7) is -0.134. The van der Waals surface area contributed by atoms with Crippen LogP contribution in [0.15, 0.2) is 42.5 Å². The topological polar surface area (TPSA) is 77.1 Å². The number of nitrogens with zero attached hydrogens (tertiary/aromatic N) is 1. The minimum atomic E-state index is -0.374. The second kappa shape index (κ2) is 10.4. The van der Waals surface area contributed by atoms with Crippen LogP contribution in [0.5, 0.6) is 17.2 Å². The van der Waals surface area contributed by atoms with Crippen molar-refractivity contribution in [1.29, 1.82) is 0 Å². The van der Waals surface area contributed by atoms with Gasteiger partial charge in [-0.15, -0.1) is 0 Å². The van der Waals surface area contributed by atoms with Crippen LogP contribution in [0.1, 0.15) is 5.56 Å². The van der Waals surface area contributed by atoms with Gasteiger partial charge in [-0.05, 0) is 42.0 Å². The summed E-state index contributed by atoms with van der Waals surface area (Å²) in [5.74, 6) is 0.936. The van der Waals surface area contributed by atoms with Gasteiger partial charge in [0.1, 0.15) is 5.75 Å². The highest BCUT2D eigenvalue weighted by Gasteiger charge is 2.13. The van der Waals surface area contributed by atoms with Crippen molar-refractivity contribution in [3.05, 3.63) is 53.1 Å². The molecule has 29 heavy (non-hydrogen) atoms. The Balaban J connectivity index is 1.99. The van der Waals surface area contributed by atoms with Gasteiger partial charge in [0, 0.05) is 18.1 Å². The van der Waals surface area contributed by atoms with Crippen LogP contribution >= 0.6 is 11.6 Å². The fourth-order valence-electron chi connectivity index (χ4n) is 2.51. The highest BCUT2D eigenvalue weighted by atomic mass is 35.5. The Kier molecular flexibility index (Phi) is 7.91. The SMILES string of the molecule is COc1ccc(Cl)cc1NC(=O)CN(C)C(=O)/C=C/c1ccc(OC)c(OC)c1. The molecule has 0 unspecified atom stereocenters. The lowest BCUT2D eigenvalue weighted by atomic mass is 10.2. The zero-order valence-corrected chi connectivity index (χ0v) is 17.4. The van der Waals surface area contributed by atoms with Crippen molar-refractivity contribution in [3.63, 3.8) is 0 Å². The highest BCUT2D eigenvalue weighted by Crippen LogP contribution is 2.28. The Labute approximate surface area is 174 Å². The Morgan fingerprint density at radius 1 is 1.00 bits per heavy atom. The van der Waals surface area contributed by atoms with E-state index in [2.05, 4.69) is 5.32 Å². The molecule has 0 spiro atoms. The second-order valence-corrected chi connectivity index (χ2v) is 6.47. The van der Waals surface area contributed by atoms with Gasteiger partial charge in [-0.2, -0.15) is 0 Å². The van der Waals surface area contributed by atoms with Crippen molar-refractivity contribution in [2.45, 2.75) is 0 Å². The number of nitrogens with one attached hydrogen (secondary N) is 1. The van der Waals surface area contributed by atoms with E-state index >= 15 is 0 Å². The van der Waals surface area contributed by atoms with E-state index in [1.54, 1.807) is 49.6 Å². The van der Waals surface area contributed by atoms with Gasteiger partial charge in [0.2, 0.25) is 11.8 Å². The molecule has 0 aliphatic heterocycles. The van der Waals surface area contributed by atoms with Crippen molar-refractivity contribution in [2.75, 3.05) is 40.2 Å². The van der Waals surface area contributed by atoms with E-state index in [0.717, 1.165) is 5.56 Å². The maximum atomic E-state index is 12.3. The third kappa shape index (κ3) is 6.15. The first kappa shape index (κ1) is 22.1. The fourth-order valence-corrected chi connectivity index (χ4v) is 2.68. The van der Waals surface area contributed by atoms with E-state index in [4.69, 9.17) is 25.8 Å². The molecule has 2 amide bonds. The molecule has 2 rings (SSSR count). The number of carbonyl (C=O) groups is 2. The lowest BCUT2D eigenvalue weighted by molar-refractivity contribution is -0.129. The van der Waals surface area contributed by atoms with Gasteiger partial charge in [0.15, 0.2) is 11.5 Å². The van der Waals surface area contributed by atoms with Crippen molar-refractivity contribution < 1.29 is 23.8 Å². The minimum absolute atomic E-state index is 0.134. The molecule has 0 bridgehead atoms. The molecule has 0 heterocycles. The predicted molar refractivity (Wildman–Crippen MR) is 113 cm³/mol. The maximum Gasteiger partial charge on any atom is 0.246 e. The van der Waals surface area contributed by atoms with Crippen LogP contribution in [0, 0.1) is 0 Å². The van der Waals surface area contributed by atoms with Gasteiger partial charge >= 0.3 is 0 Å². The normalized spacial score (nSPS) is 10.5. The molecule has 0 aliphatic carbocycles. The molecular weight excluding hydrogens is 396 g/mol. The number of likely N-dealkylation sites (N-methyl/N-ethyl adjacent to an activating group) is 1. The smallest absolute Gasteiger partial charge is 0.246 e. The van der Waals surface area contributed by atoms with Crippen LogP contribution in [-0.2, 0) is 9.59 Å². The molecular formula is C21H23ClN2O5. The number of amides is 2. The van der Waals surface area contributed by atoms with Gasteiger partial charge in [-0.25, -0.2) is 0 Å². The molecule has 0 aliphatic rings. The Morgan fingerprint density at radius 3 is 2.31 bits per heavy atom. The van der Waals surface area contributed by atoms with E-state index in [0.29, 0.717) is 28.0 Å². The van der Waals surface area contributed by atoms with Gasteiger partial charge < -0.3 is 24.4 Å². The molecule has 0 saturated carbocycles. The summed E-state index contributed by atoms with van der Waals surface area (Å²) in [5.41, 5.74) is 1.20. The minimum Gasteiger partial charge on any atom is -0.495 e. The number of hydrogen-bond acceptors (Lipinski definition) is 5. The third-order valence-electron chi connectivity index (χ3n) is 4.02. The molecule has 154 valence electrons. The summed E-state index contributed by atoms with van der Waals surface area (Å²) in [7, 11) is 6.12. The summed E-state index contributed by atoms with van der Waals surface area (Å²) in [6, 6.07) is 10.2. The highest BCUT2D eigenvalue weighted by molar-refractivity contribution is 6.31. The maximum absolute atomic E-state index is 12.3. The molecule has 0 radical (unpaired) electrons.